The zero-order valence-corrected chi connectivity index (χ0v) is 48.2. The van der Waals surface area contributed by atoms with Gasteiger partial charge in [0.15, 0.2) is 18.9 Å². The van der Waals surface area contributed by atoms with Gasteiger partial charge in [-0.1, -0.05) is 150 Å². The van der Waals surface area contributed by atoms with Gasteiger partial charge in [-0.05, 0) is 38.5 Å². The number of carbonyl (C=O) groups is 2. The number of carbonyl (C=O) groups excluding carboxylic acids is 2. The summed E-state index contributed by atoms with van der Waals surface area (Å²) in [6.45, 7) is 11.9. The molecular weight excluding hydrogens is 1110 g/mol. The Morgan fingerprint density at radius 2 is 0.797 bits per heavy atom. The Bertz CT molecular complexity index is 1510. The van der Waals surface area contributed by atoms with Crippen molar-refractivity contribution in [3.05, 3.63) is 0 Å². The second-order valence-corrected chi connectivity index (χ2v) is 23.4. The first-order chi connectivity index (χ1) is 35.3. The molecule has 5 N–H and O–H groups in total. The normalized spacial score (nSPS) is 30.8. The van der Waals surface area contributed by atoms with Crippen LogP contribution in [0.5, 0.6) is 0 Å². The highest BCUT2D eigenvalue weighted by atomic mass is 35.6. The van der Waals surface area contributed by atoms with Gasteiger partial charge in [0.2, 0.25) is 7.59 Å². The minimum Gasteiger partial charge on any atom is -0.445 e. The first kappa shape index (κ1) is 68.0. The number of alkyl halides is 6. The highest BCUT2D eigenvalue weighted by Gasteiger charge is 2.56. The van der Waals surface area contributed by atoms with Gasteiger partial charge in [0, 0.05) is 39.6 Å². The van der Waals surface area contributed by atoms with Gasteiger partial charge in [0.1, 0.15) is 86.3 Å². The molecule has 0 aromatic rings. The Kier molecular flexibility index (Phi) is 33.9. The summed E-state index contributed by atoms with van der Waals surface area (Å²) in [7, 11) is 0. The summed E-state index contributed by atoms with van der Waals surface area (Å²) in [5.74, 6) is 0. The number of alkyl carbamates (subject to hydrolysis) is 2. The number of amides is 2. The van der Waals surface area contributed by atoms with E-state index in [9.17, 15) is 24.9 Å². The molecule has 0 radical (unpaired) electrons. The number of hydrogen-bond acceptors (Lipinski definition) is 18. The lowest BCUT2D eigenvalue weighted by Crippen LogP contribution is -2.70. The number of aliphatic hydroxyl groups is 3. The van der Waals surface area contributed by atoms with E-state index < -0.39 is 125 Å². The zero-order chi connectivity index (χ0) is 54.7. The highest BCUT2D eigenvalue weighted by Crippen LogP contribution is 2.36. The fraction of sp³-hybridized carbons (Fsp3) is 0.958. The lowest BCUT2D eigenvalue weighted by atomic mass is 9.94. The molecule has 15 atom stereocenters. The van der Waals surface area contributed by atoms with Crippen molar-refractivity contribution in [3.8, 4) is 0 Å². The molecule has 3 rings (SSSR count). The van der Waals surface area contributed by atoms with Crippen molar-refractivity contribution < 1.29 is 86.5 Å². The molecule has 3 aliphatic heterocycles. The molecule has 0 aromatic heterocycles. The number of aliphatic hydroxyl groups excluding tert-OH is 3. The monoisotopic (exact) mass is 1190 g/mol. The van der Waals surface area contributed by atoms with Crippen LogP contribution in [0.25, 0.3) is 0 Å². The smallest absolute Gasteiger partial charge is 0.407 e. The number of hydrogen-bond donors (Lipinski definition) is 5. The van der Waals surface area contributed by atoms with Crippen LogP contribution in [0.4, 0.5) is 9.59 Å². The Hall–Kier alpha value is -0.280. The molecule has 0 saturated carbocycles. The Balaban J connectivity index is 2.23. The van der Waals surface area contributed by atoms with E-state index in [1.807, 2.05) is 41.5 Å². The maximum absolute atomic E-state index is 13.6. The van der Waals surface area contributed by atoms with E-state index in [0.717, 1.165) is 44.9 Å². The van der Waals surface area contributed by atoms with Crippen LogP contribution in [-0.2, 0) is 61.6 Å². The van der Waals surface area contributed by atoms with Crippen molar-refractivity contribution in [3.63, 3.8) is 0 Å². The first-order valence-corrected chi connectivity index (χ1v) is 28.5. The fourth-order valence-electron chi connectivity index (χ4n) is 7.96. The van der Waals surface area contributed by atoms with Crippen LogP contribution < -0.4 is 10.6 Å². The average Bonchev–Trinajstić information content (AvgIpc) is 3.34. The van der Waals surface area contributed by atoms with Gasteiger partial charge in [-0.2, -0.15) is 0 Å². The molecule has 26 heteroatoms. The average molecular weight is 1190 g/mol. The molecule has 3 aliphatic rings. The minimum absolute atomic E-state index is 0.0845. The van der Waals surface area contributed by atoms with E-state index in [1.165, 1.54) is 0 Å². The second-order valence-electron chi connectivity index (χ2n) is 18.4. The molecule has 0 spiro atoms. The zero-order valence-electron chi connectivity index (χ0n) is 43.7. The Morgan fingerprint density at radius 1 is 0.459 bits per heavy atom. The van der Waals surface area contributed by atoms with Crippen molar-refractivity contribution in [2.75, 3.05) is 72.7 Å². The summed E-state index contributed by atoms with van der Waals surface area (Å²) in [5.41, 5.74) is 0. The summed E-state index contributed by atoms with van der Waals surface area (Å²) in [5, 5.41) is 41.3. The molecule has 2 amide bonds. The summed E-state index contributed by atoms with van der Waals surface area (Å²) in [6, 6.07) is -2.66. The molecule has 74 heavy (non-hydrogen) atoms. The van der Waals surface area contributed by atoms with Crippen molar-refractivity contribution >= 4 is 81.8 Å². The lowest BCUT2D eigenvalue weighted by molar-refractivity contribution is -0.375. The van der Waals surface area contributed by atoms with E-state index >= 15 is 0 Å². The predicted octanol–water partition coefficient (Wildman–Crippen LogP) is 7.58. The highest BCUT2D eigenvalue weighted by molar-refractivity contribution is 6.68. The van der Waals surface area contributed by atoms with Gasteiger partial charge in [0.25, 0.3) is 0 Å². The molecular formula is C48H84Cl6N2O18. The quantitative estimate of drug-likeness (QED) is 0.0304. The third-order valence-corrected chi connectivity index (χ3v) is 12.7. The van der Waals surface area contributed by atoms with Crippen LogP contribution in [0.3, 0.4) is 0 Å². The van der Waals surface area contributed by atoms with Gasteiger partial charge in [-0.15, -0.1) is 0 Å². The molecule has 3 heterocycles. The first-order valence-electron chi connectivity index (χ1n) is 26.2. The number of rotatable bonds is 35. The van der Waals surface area contributed by atoms with Crippen molar-refractivity contribution in [1.82, 2.24) is 10.6 Å². The molecule has 0 bridgehead atoms. The van der Waals surface area contributed by atoms with Crippen LogP contribution in [-0.4, -0.2) is 200 Å². The Labute approximate surface area is 467 Å². The topological polar surface area (TPSA) is 239 Å². The second kappa shape index (κ2) is 36.9. The molecule has 436 valence electrons. The fourth-order valence-corrected chi connectivity index (χ4v) is 8.29. The number of nitrogens with one attached hydrogen (secondary N) is 2. The number of ether oxygens (including phenoxy) is 13. The third-order valence-electron chi connectivity index (χ3n) is 12.0. The standard InChI is InChI=1S/C48H84Cl6N2O18/c1-7-13-19-62-25-30-35(57)38(65-22-16-10-4)33(55-45(60)68-28-47(49,50)51)43(71-30)73-37-32(27-64-21-15-9-3)70-42(59)41(40(37)67-24-18-12-6)74-44-34(56-46(61)69-29-48(52,53)54)39(66-23-17-11-5)36(58)31(72-44)26-63-20-14-8-2/h30-44,57-59H,7-29H2,1-6H3,(H,55,60)(H,56,61). The minimum atomic E-state index is -1.96. The molecule has 3 fully saturated rings. The van der Waals surface area contributed by atoms with E-state index in [1.54, 1.807) is 0 Å². The maximum atomic E-state index is 13.6. The van der Waals surface area contributed by atoms with Gasteiger partial charge >= 0.3 is 12.2 Å². The third kappa shape index (κ3) is 24.6. The molecule has 0 aliphatic carbocycles. The SMILES string of the molecule is CCCCOCC1OC(OC2C(O)OC(COCCCC)C(OC3OC(COCCCC)C(O)C(OCCCC)C3NC(=O)OCC(Cl)(Cl)Cl)C2OCCCC)C(NC(=O)OCC(Cl)(Cl)Cl)C(OCCCC)C1O. The van der Waals surface area contributed by atoms with Gasteiger partial charge < -0.3 is 87.5 Å². The molecule has 0 aromatic carbocycles. The number of halogens is 6. The summed E-state index contributed by atoms with van der Waals surface area (Å²) in [6.07, 6.45) is -10.7. The van der Waals surface area contributed by atoms with Crippen molar-refractivity contribution in [1.29, 1.82) is 0 Å². The van der Waals surface area contributed by atoms with Crippen molar-refractivity contribution in [2.24, 2.45) is 0 Å². The largest absolute Gasteiger partial charge is 0.445 e. The Morgan fingerprint density at radius 3 is 1.16 bits per heavy atom. The predicted molar refractivity (Wildman–Crippen MR) is 278 cm³/mol. The summed E-state index contributed by atoms with van der Waals surface area (Å²) >= 11 is 35.6. The van der Waals surface area contributed by atoms with Gasteiger partial charge in [0.05, 0.1) is 19.8 Å². The summed E-state index contributed by atoms with van der Waals surface area (Å²) < 4.78 is 77.0. The molecule has 20 nitrogen and oxygen atoms in total. The van der Waals surface area contributed by atoms with Gasteiger partial charge in [-0.3, -0.25) is 0 Å². The van der Waals surface area contributed by atoms with Crippen LogP contribution in [0.15, 0.2) is 0 Å². The lowest BCUT2D eigenvalue weighted by Gasteiger charge is -2.50. The van der Waals surface area contributed by atoms with E-state index in [-0.39, 0.29) is 39.6 Å². The van der Waals surface area contributed by atoms with Crippen molar-refractivity contribution in [2.45, 2.75) is 218 Å². The van der Waals surface area contributed by atoms with Crippen LogP contribution >= 0.6 is 69.6 Å². The maximum Gasteiger partial charge on any atom is 0.407 e. The van der Waals surface area contributed by atoms with Crippen LogP contribution in [0.2, 0.25) is 0 Å². The number of unbranched alkanes of at least 4 members (excludes halogenated alkanes) is 6. The van der Waals surface area contributed by atoms with E-state index in [2.05, 4.69) is 10.6 Å². The summed E-state index contributed by atoms with van der Waals surface area (Å²) in [4.78, 5) is 27.1. The van der Waals surface area contributed by atoms with Crippen LogP contribution in [0.1, 0.15) is 119 Å². The van der Waals surface area contributed by atoms with E-state index in [4.69, 9.17) is 131 Å². The van der Waals surface area contributed by atoms with Gasteiger partial charge in [-0.25, -0.2) is 9.59 Å². The molecule has 3 saturated heterocycles. The van der Waals surface area contributed by atoms with Crippen LogP contribution in [0, 0.1) is 0 Å². The van der Waals surface area contributed by atoms with E-state index in [0.29, 0.717) is 51.9 Å². The molecule has 15 unspecified atom stereocenters.